The van der Waals surface area contributed by atoms with E-state index in [1.165, 1.54) is 16.8 Å². The van der Waals surface area contributed by atoms with E-state index in [1.54, 1.807) is 12.1 Å². The number of nitrogens with zero attached hydrogens (tertiary/aromatic N) is 4. The van der Waals surface area contributed by atoms with Crippen LogP contribution < -0.4 is 11.1 Å². The third-order valence-electron chi connectivity index (χ3n) is 4.12. The zero-order valence-corrected chi connectivity index (χ0v) is 14.1. The minimum atomic E-state index is -0.483. The van der Waals surface area contributed by atoms with Crippen LogP contribution in [0.5, 0.6) is 0 Å². The zero-order chi connectivity index (χ0) is 18.4. The molecule has 2 aromatic rings. The SMILES string of the molecule is CC(C)(C)c1cc2n(n1)C(N)=C(C#N)C(c1ccc([N+](=O)[O-])cc1)N2. The smallest absolute Gasteiger partial charge is 0.269 e. The van der Waals surface area contributed by atoms with Gasteiger partial charge in [-0.2, -0.15) is 10.4 Å². The molecule has 0 saturated heterocycles. The van der Waals surface area contributed by atoms with Gasteiger partial charge in [0.15, 0.2) is 0 Å². The average Bonchev–Trinajstić information content (AvgIpc) is 2.99. The first-order valence-electron chi connectivity index (χ1n) is 7.74. The molecular weight excluding hydrogens is 320 g/mol. The number of fused-ring (bicyclic) bond motifs is 1. The summed E-state index contributed by atoms with van der Waals surface area (Å²) >= 11 is 0. The molecule has 2 heterocycles. The number of anilines is 1. The first kappa shape index (κ1) is 16.5. The van der Waals surface area contributed by atoms with Crippen molar-refractivity contribution in [1.82, 2.24) is 9.78 Å². The maximum Gasteiger partial charge on any atom is 0.269 e. The van der Waals surface area contributed by atoms with Crippen LogP contribution in [0.4, 0.5) is 11.5 Å². The largest absolute Gasteiger partial charge is 0.383 e. The number of nitrogens with one attached hydrogen (secondary N) is 1. The van der Waals surface area contributed by atoms with Gasteiger partial charge in [-0.1, -0.05) is 20.8 Å². The maximum atomic E-state index is 10.8. The number of aromatic nitrogens is 2. The molecule has 0 saturated carbocycles. The zero-order valence-electron chi connectivity index (χ0n) is 14.1. The van der Waals surface area contributed by atoms with Gasteiger partial charge in [-0.15, -0.1) is 0 Å². The minimum absolute atomic E-state index is 0.00456. The molecule has 0 radical (unpaired) electrons. The van der Waals surface area contributed by atoms with Gasteiger partial charge in [0.05, 0.1) is 22.2 Å². The molecule has 0 spiro atoms. The lowest BCUT2D eigenvalue weighted by molar-refractivity contribution is -0.384. The van der Waals surface area contributed by atoms with Crippen LogP contribution in [0.1, 0.15) is 38.1 Å². The number of nitrogens with two attached hydrogens (primary N) is 1. The van der Waals surface area contributed by atoms with E-state index in [-0.39, 0.29) is 16.9 Å². The second kappa shape index (κ2) is 5.63. The monoisotopic (exact) mass is 338 g/mol. The van der Waals surface area contributed by atoms with Crippen LogP contribution in [0.2, 0.25) is 0 Å². The number of rotatable bonds is 2. The number of hydrogen-bond acceptors (Lipinski definition) is 6. The summed E-state index contributed by atoms with van der Waals surface area (Å²) in [6.07, 6.45) is 0. The summed E-state index contributed by atoms with van der Waals surface area (Å²) in [7, 11) is 0. The second-order valence-electron chi connectivity index (χ2n) is 6.91. The molecule has 1 aliphatic rings. The van der Waals surface area contributed by atoms with Crippen LogP contribution in [-0.2, 0) is 5.41 Å². The standard InChI is InChI=1S/C17H18N6O2/c1-17(2,3)13-8-14-20-15(12(9-18)16(19)22(14)21-13)10-4-6-11(7-5-10)23(24)25/h4-8,15,20H,19H2,1-3H3. The first-order chi connectivity index (χ1) is 11.7. The van der Waals surface area contributed by atoms with E-state index < -0.39 is 11.0 Å². The highest BCUT2D eigenvalue weighted by molar-refractivity contribution is 5.67. The molecule has 1 aromatic heterocycles. The van der Waals surface area contributed by atoms with E-state index in [2.05, 4.69) is 16.5 Å². The Morgan fingerprint density at radius 2 is 2.00 bits per heavy atom. The predicted molar refractivity (Wildman–Crippen MR) is 93.4 cm³/mol. The van der Waals surface area contributed by atoms with Gasteiger partial charge in [-0.05, 0) is 17.7 Å². The van der Waals surface area contributed by atoms with Crippen LogP contribution >= 0.6 is 0 Å². The molecule has 8 nitrogen and oxygen atoms in total. The third-order valence-corrected chi connectivity index (χ3v) is 4.12. The van der Waals surface area contributed by atoms with Gasteiger partial charge in [-0.3, -0.25) is 10.1 Å². The number of nitriles is 1. The number of nitro groups is 1. The molecule has 1 aliphatic heterocycles. The van der Waals surface area contributed by atoms with Crippen molar-refractivity contribution in [2.75, 3.05) is 5.32 Å². The molecule has 0 fully saturated rings. The quantitative estimate of drug-likeness (QED) is 0.641. The lowest BCUT2D eigenvalue weighted by Crippen LogP contribution is -2.26. The van der Waals surface area contributed by atoms with E-state index in [0.29, 0.717) is 11.4 Å². The Balaban J connectivity index is 2.06. The summed E-state index contributed by atoms with van der Waals surface area (Å²) < 4.78 is 1.53. The second-order valence-corrected chi connectivity index (χ2v) is 6.91. The summed E-state index contributed by atoms with van der Waals surface area (Å²) in [5.74, 6) is 0.944. The molecule has 0 aliphatic carbocycles. The molecular formula is C17H18N6O2. The highest BCUT2D eigenvalue weighted by Gasteiger charge is 2.30. The van der Waals surface area contributed by atoms with Crippen LogP contribution in [0.3, 0.4) is 0 Å². The normalized spacial score (nSPS) is 16.8. The van der Waals surface area contributed by atoms with E-state index >= 15 is 0 Å². The molecule has 25 heavy (non-hydrogen) atoms. The number of hydrogen-bond donors (Lipinski definition) is 2. The fourth-order valence-corrected chi connectivity index (χ4v) is 2.68. The summed E-state index contributed by atoms with van der Waals surface area (Å²) in [6, 6.07) is 9.61. The molecule has 3 N–H and O–H groups in total. The summed E-state index contributed by atoms with van der Waals surface area (Å²) in [5.41, 5.74) is 7.89. The van der Waals surface area contributed by atoms with Crippen molar-refractivity contribution in [3.05, 3.63) is 57.3 Å². The van der Waals surface area contributed by atoms with Gasteiger partial charge in [0.25, 0.3) is 5.69 Å². The van der Waals surface area contributed by atoms with Crippen molar-refractivity contribution in [1.29, 1.82) is 5.26 Å². The number of nitro benzene ring substituents is 1. The number of benzene rings is 1. The molecule has 1 atom stereocenters. The molecule has 3 rings (SSSR count). The highest BCUT2D eigenvalue weighted by atomic mass is 16.6. The van der Waals surface area contributed by atoms with Gasteiger partial charge >= 0.3 is 0 Å². The Bertz CT molecular complexity index is 912. The van der Waals surface area contributed by atoms with Gasteiger partial charge in [0.1, 0.15) is 17.7 Å². The van der Waals surface area contributed by atoms with Gasteiger partial charge in [-0.25, -0.2) is 4.68 Å². The molecule has 128 valence electrons. The van der Waals surface area contributed by atoms with Crippen LogP contribution in [-0.4, -0.2) is 14.7 Å². The first-order valence-corrected chi connectivity index (χ1v) is 7.74. The molecule has 8 heteroatoms. The van der Waals surface area contributed by atoms with Crippen molar-refractivity contribution in [2.45, 2.75) is 32.2 Å². The van der Waals surface area contributed by atoms with Crippen molar-refractivity contribution in [3.8, 4) is 6.07 Å². The lowest BCUT2D eigenvalue weighted by Gasteiger charge is -2.26. The Morgan fingerprint density at radius 3 is 2.52 bits per heavy atom. The van der Waals surface area contributed by atoms with E-state index in [4.69, 9.17) is 5.73 Å². The fourth-order valence-electron chi connectivity index (χ4n) is 2.68. The Hall–Kier alpha value is -3.34. The molecule has 0 bridgehead atoms. The summed E-state index contributed by atoms with van der Waals surface area (Å²) in [5, 5.41) is 28.1. The lowest BCUT2D eigenvalue weighted by atomic mass is 9.92. The predicted octanol–water partition coefficient (Wildman–Crippen LogP) is 2.91. The Labute approximate surface area is 144 Å². The van der Waals surface area contributed by atoms with Crippen LogP contribution in [0, 0.1) is 21.4 Å². The Kier molecular flexibility index (Phi) is 3.72. The van der Waals surface area contributed by atoms with Gasteiger partial charge in [0, 0.05) is 23.6 Å². The van der Waals surface area contributed by atoms with Crippen molar-refractivity contribution >= 4 is 17.3 Å². The van der Waals surface area contributed by atoms with Crippen molar-refractivity contribution < 1.29 is 4.92 Å². The van der Waals surface area contributed by atoms with E-state index in [1.807, 2.05) is 26.8 Å². The Morgan fingerprint density at radius 1 is 1.36 bits per heavy atom. The van der Waals surface area contributed by atoms with Gasteiger partial charge in [0.2, 0.25) is 0 Å². The molecule has 0 amide bonds. The van der Waals surface area contributed by atoms with Crippen molar-refractivity contribution in [3.63, 3.8) is 0 Å². The fraction of sp³-hybridized carbons (Fsp3) is 0.294. The average molecular weight is 338 g/mol. The topological polar surface area (TPSA) is 123 Å². The van der Waals surface area contributed by atoms with Crippen molar-refractivity contribution in [2.24, 2.45) is 5.73 Å². The molecule has 1 unspecified atom stereocenters. The maximum absolute atomic E-state index is 10.8. The molecule has 1 aromatic carbocycles. The summed E-state index contributed by atoms with van der Waals surface area (Å²) in [6.45, 7) is 6.13. The van der Waals surface area contributed by atoms with E-state index in [9.17, 15) is 15.4 Å². The van der Waals surface area contributed by atoms with Gasteiger partial charge < -0.3 is 11.1 Å². The number of non-ortho nitro benzene ring substituents is 1. The third kappa shape index (κ3) is 2.80. The van der Waals surface area contributed by atoms with Crippen LogP contribution in [0.15, 0.2) is 35.9 Å². The summed E-state index contributed by atoms with van der Waals surface area (Å²) in [4.78, 5) is 10.4. The van der Waals surface area contributed by atoms with E-state index in [0.717, 1.165) is 11.3 Å². The highest BCUT2D eigenvalue weighted by Crippen LogP contribution is 2.36. The minimum Gasteiger partial charge on any atom is -0.383 e. The van der Waals surface area contributed by atoms with Crippen LogP contribution in [0.25, 0.3) is 5.82 Å².